The number of benzene rings is 2. The molecular formula is C26H28ClN7O2. The highest BCUT2D eigenvalue weighted by atomic mass is 35.5. The van der Waals surface area contributed by atoms with Gasteiger partial charge in [0, 0.05) is 50.3 Å². The number of nitrogens with one attached hydrogen (secondary N) is 1. The van der Waals surface area contributed by atoms with Crippen LogP contribution < -0.4 is 21.5 Å². The minimum Gasteiger partial charge on any atom is -0.369 e. The van der Waals surface area contributed by atoms with Gasteiger partial charge < -0.3 is 15.1 Å². The van der Waals surface area contributed by atoms with Crippen molar-refractivity contribution >= 4 is 40.0 Å². The largest absolute Gasteiger partial charge is 0.369 e. The molecule has 1 fully saturated rings. The molecular weight excluding hydrogens is 478 g/mol. The zero-order chi connectivity index (χ0) is 25.4. The number of hydrogen-bond donors (Lipinski definition) is 1. The fourth-order valence-electron chi connectivity index (χ4n) is 4.60. The maximum Gasteiger partial charge on any atom is 0.337 e. The zero-order valence-electron chi connectivity index (χ0n) is 20.5. The van der Waals surface area contributed by atoms with Crippen molar-refractivity contribution in [2.75, 3.05) is 43.4 Å². The Morgan fingerprint density at radius 3 is 2.47 bits per heavy atom. The molecule has 0 spiro atoms. The molecule has 36 heavy (non-hydrogen) atoms. The van der Waals surface area contributed by atoms with E-state index >= 15 is 0 Å². The molecule has 0 aliphatic carbocycles. The second-order valence-electron chi connectivity index (χ2n) is 8.97. The molecule has 10 heteroatoms. The number of nitrogens with zero attached hydrogens (tertiary/aromatic N) is 6. The van der Waals surface area contributed by atoms with Crippen LogP contribution >= 0.6 is 11.6 Å². The van der Waals surface area contributed by atoms with E-state index in [1.807, 2.05) is 13.0 Å². The quantitative estimate of drug-likeness (QED) is 0.444. The van der Waals surface area contributed by atoms with Gasteiger partial charge in [0.1, 0.15) is 5.39 Å². The minimum absolute atomic E-state index is 0.239. The first-order valence-corrected chi connectivity index (χ1v) is 12.3. The van der Waals surface area contributed by atoms with Crippen molar-refractivity contribution in [3.63, 3.8) is 0 Å². The molecule has 2 aromatic heterocycles. The number of fused-ring (bicyclic) bond motifs is 1. The van der Waals surface area contributed by atoms with Gasteiger partial charge in [0.25, 0.3) is 5.56 Å². The van der Waals surface area contributed by atoms with Gasteiger partial charge in [0.15, 0.2) is 5.65 Å². The van der Waals surface area contributed by atoms with Crippen molar-refractivity contribution in [1.29, 1.82) is 0 Å². The molecule has 0 saturated carbocycles. The molecule has 3 heterocycles. The molecule has 0 unspecified atom stereocenters. The number of likely N-dealkylation sites (N-methyl/N-ethyl adjacent to an activating group) is 1. The summed E-state index contributed by atoms with van der Waals surface area (Å²) < 4.78 is 2.53. The third kappa shape index (κ3) is 4.36. The highest BCUT2D eigenvalue weighted by Gasteiger charge is 2.19. The molecule has 0 atom stereocenters. The molecule has 0 bridgehead atoms. The van der Waals surface area contributed by atoms with Crippen LogP contribution in [0.2, 0.25) is 5.02 Å². The van der Waals surface area contributed by atoms with Crippen LogP contribution in [0.4, 0.5) is 17.3 Å². The first-order chi connectivity index (χ1) is 17.4. The van der Waals surface area contributed by atoms with Crippen molar-refractivity contribution in [2.24, 2.45) is 0 Å². The zero-order valence-corrected chi connectivity index (χ0v) is 21.3. The summed E-state index contributed by atoms with van der Waals surface area (Å²) in [6.45, 7) is 8.33. The van der Waals surface area contributed by atoms with Gasteiger partial charge in [0.2, 0.25) is 5.95 Å². The van der Waals surface area contributed by atoms with Crippen LogP contribution in [0.1, 0.15) is 12.5 Å². The van der Waals surface area contributed by atoms with E-state index in [4.69, 9.17) is 11.6 Å². The van der Waals surface area contributed by atoms with Crippen LogP contribution in [-0.2, 0) is 6.54 Å². The molecule has 0 amide bonds. The van der Waals surface area contributed by atoms with Crippen LogP contribution in [0.3, 0.4) is 0 Å². The predicted octanol–water partition coefficient (Wildman–Crippen LogP) is 3.42. The summed E-state index contributed by atoms with van der Waals surface area (Å²) >= 11 is 6.29. The highest BCUT2D eigenvalue weighted by molar-refractivity contribution is 6.32. The lowest BCUT2D eigenvalue weighted by atomic mass is 10.1. The Bertz CT molecular complexity index is 1550. The Hall–Kier alpha value is -3.69. The number of anilines is 3. The van der Waals surface area contributed by atoms with Gasteiger partial charge in [0.05, 0.1) is 10.7 Å². The smallest absolute Gasteiger partial charge is 0.337 e. The van der Waals surface area contributed by atoms with Gasteiger partial charge in [-0.25, -0.2) is 14.3 Å². The molecule has 186 valence electrons. The van der Waals surface area contributed by atoms with Crippen LogP contribution in [0.15, 0.2) is 58.3 Å². The van der Waals surface area contributed by atoms with E-state index in [1.54, 1.807) is 24.3 Å². The standard InChI is InChI=1S/C26H28ClN7O2/c1-4-33-23-19(24(35)34(26(33)36)22-8-6-5-7-20(22)27)16-28-25(30-23)29-18-9-10-21(17(2)15-18)32-13-11-31(3)12-14-32/h5-10,15-16H,4,11-14H2,1-3H3,(H,28,29,30). The maximum absolute atomic E-state index is 13.3. The van der Waals surface area contributed by atoms with E-state index in [9.17, 15) is 9.59 Å². The number of rotatable bonds is 5. The summed E-state index contributed by atoms with van der Waals surface area (Å²) in [7, 11) is 2.14. The number of aromatic nitrogens is 4. The fourth-order valence-corrected chi connectivity index (χ4v) is 4.82. The number of para-hydroxylation sites is 1. The molecule has 2 aromatic carbocycles. The predicted molar refractivity (Wildman–Crippen MR) is 144 cm³/mol. The van der Waals surface area contributed by atoms with Crippen molar-refractivity contribution in [1.82, 2.24) is 24.0 Å². The van der Waals surface area contributed by atoms with Crippen molar-refractivity contribution in [3.05, 3.63) is 80.1 Å². The molecule has 1 aliphatic heterocycles. The SMILES string of the molecule is CCn1c(=O)n(-c2ccccc2Cl)c(=O)c2cnc(Nc3ccc(N4CCN(C)CC4)c(C)c3)nc21. The molecule has 1 N–H and O–H groups in total. The minimum atomic E-state index is -0.508. The second kappa shape index (κ2) is 9.75. The third-order valence-corrected chi connectivity index (χ3v) is 6.91. The lowest BCUT2D eigenvalue weighted by Gasteiger charge is -2.35. The van der Waals surface area contributed by atoms with E-state index in [0.717, 1.165) is 42.0 Å². The Morgan fingerprint density at radius 2 is 1.78 bits per heavy atom. The topological polar surface area (TPSA) is 88.3 Å². The Kier molecular flexibility index (Phi) is 6.51. The van der Waals surface area contributed by atoms with Crippen molar-refractivity contribution < 1.29 is 0 Å². The van der Waals surface area contributed by atoms with E-state index < -0.39 is 11.2 Å². The van der Waals surface area contributed by atoms with Gasteiger partial charge >= 0.3 is 5.69 Å². The van der Waals surface area contributed by atoms with E-state index in [1.165, 1.54) is 16.5 Å². The summed E-state index contributed by atoms with van der Waals surface area (Å²) in [5, 5.41) is 3.78. The van der Waals surface area contributed by atoms with Crippen LogP contribution in [0.5, 0.6) is 0 Å². The highest BCUT2D eigenvalue weighted by Crippen LogP contribution is 2.26. The normalized spacial score (nSPS) is 14.4. The van der Waals surface area contributed by atoms with Crippen LogP contribution in [0.25, 0.3) is 16.7 Å². The maximum atomic E-state index is 13.3. The molecule has 9 nitrogen and oxygen atoms in total. The Morgan fingerprint density at radius 1 is 1.03 bits per heavy atom. The first kappa shape index (κ1) is 24.0. The van der Waals surface area contributed by atoms with Gasteiger partial charge in [-0.3, -0.25) is 9.36 Å². The summed E-state index contributed by atoms with van der Waals surface area (Å²) in [6, 6.07) is 12.9. The molecule has 4 aromatic rings. The lowest BCUT2D eigenvalue weighted by molar-refractivity contribution is 0.312. The van der Waals surface area contributed by atoms with Crippen molar-refractivity contribution in [2.45, 2.75) is 20.4 Å². The Labute approximate surface area is 213 Å². The summed E-state index contributed by atoms with van der Waals surface area (Å²) in [6.07, 6.45) is 1.46. The molecule has 5 rings (SSSR count). The average Bonchev–Trinajstić information content (AvgIpc) is 2.86. The summed E-state index contributed by atoms with van der Waals surface area (Å²) in [5.74, 6) is 0.311. The summed E-state index contributed by atoms with van der Waals surface area (Å²) in [4.78, 5) is 40.2. The Balaban J connectivity index is 1.50. The average molecular weight is 506 g/mol. The van der Waals surface area contributed by atoms with E-state index in [2.05, 4.69) is 51.2 Å². The number of hydrogen-bond acceptors (Lipinski definition) is 7. The molecule has 1 aliphatic rings. The van der Waals surface area contributed by atoms with E-state index in [0.29, 0.717) is 23.2 Å². The lowest BCUT2D eigenvalue weighted by Crippen LogP contribution is -2.44. The molecule has 0 radical (unpaired) electrons. The van der Waals surface area contributed by atoms with Gasteiger partial charge in [-0.15, -0.1) is 0 Å². The monoisotopic (exact) mass is 505 g/mol. The van der Waals surface area contributed by atoms with Gasteiger partial charge in [-0.05, 0) is 56.8 Å². The van der Waals surface area contributed by atoms with Gasteiger partial charge in [-0.1, -0.05) is 23.7 Å². The number of aryl methyl sites for hydroxylation is 2. The van der Waals surface area contributed by atoms with E-state index in [-0.39, 0.29) is 11.0 Å². The first-order valence-electron chi connectivity index (χ1n) is 12.0. The van der Waals surface area contributed by atoms with Crippen molar-refractivity contribution in [3.8, 4) is 5.69 Å². The molecule has 1 saturated heterocycles. The third-order valence-electron chi connectivity index (χ3n) is 6.59. The van der Waals surface area contributed by atoms with Crippen LogP contribution in [0, 0.1) is 6.92 Å². The second-order valence-corrected chi connectivity index (χ2v) is 9.37. The summed E-state index contributed by atoms with van der Waals surface area (Å²) in [5.41, 5.74) is 2.80. The fraction of sp³-hybridized carbons (Fsp3) is 0.308. The van der Waals surface area contributed by atoms with Gasteiger partial charge in [-0.2, -0.15) is 4.98 Å². The van der Waals surface area contributed by atoms with Crippen LogP contribution in [-0.4, -0.2) is 57.2 Å². The number of halogens is 1. The number of piperazine rings is 1.